The largest absolute Gasteiger partial charge is 0.480 e. The molecule has 2 aromatic rings. The quantitative estimate of drug-likeness (QED) is 0.871. The molecule has 2 N–H and O–H groups in total. The molecule has 126 valence electrons. The van der Waals surface area contributed by atoms with E-state index in [2.05, 4.69) is 10.4 Å². The monoisotopic (exact) mass is 347 g/mol. The molecule has 0 bridgehead atoms. The van der Waals surface area contributed by atoms with E-state index in [1.165, 1.54) is 0 Å². The first-order valence-corrected chi connectivity index (χ1v) is 8.07. The molecule has 1 aliphatic rings. The van der Waals surface area contributed by atoms with Gasteiger partial charge in [0.1, 0.15) is 5.54 Å². The molecule has 6 nitrogen and oxygen atoms in total. The van der Waals surface area contributed by atoms with Gasteiger partial charge in [0.15, 0.2) is 0 Å². The number of carboxylic acids is 1. The minimum atomic E-state index is -1.24. The lowest BCUT2D eigenvalue weighted by molar-refractivity contribution is -0.144. The second kappa shape index (κ2) is 5.94. The second-order valence-corrected chi connectivity index (χ2v) is 6.72. The van der Waals surface area contributed by atoms with E-state index in [1.54, 1.807) is 49.0 Å². The highest BCUT2D eigenvalue weighted by molar-refractivity contribution is 6.30. The van der Waals surface area contributed by atoms with Gasteiger partial charge in [-0.2, -0.15) is 5.10 Å². The van der Waals surface area contributed by atoms with Crippen LogP contribution in [-0.4, -0.2) is 32.3 Å². The van der Waals surface area contributed by atoms with Crippen molar-refractivity contribution in [3.8, 4) is 5.69 Å². The van der Waals surface area contributed by atoms with Crippen LogP contribution in [0.4, 0.5) is 0 Å². The van der Waals surface area contributed by atoms with Gasteiger partial charge in [-0.3, -0.25) is 4.79 Å². The van der Waals surface area contributed by atoms with Crippen LogP contribution in [-0.2, 0) is 4.79 Å². The smallest absolute Gasteiger partial charge is 0.329 e. The van der Waals surface area contributed by atoms with Crippen LogP contribution in [0.5, 0.6) is 0 Å². The van der Waals surface area contributed by atoms with Crippen molar-refractivity contribution in [2.24, 2.45) is 5.92 Å². The van der Waals surface area contributed by atoms with Crippen LogP contribution in [0, 0.1) is 12.8 Å². The zero-order valence-corrected chi connectivity index (χ0v) is 14.2. The van der Waals surface area contributed by atoms with Crippen LogP contribution in [0.25, 0.3) is 5.69 Å². The number of carbonyl (C=O) groups excluding carboxylic acids is 1. The molecule has 1 amide bonds. The van der Waals surface area contributed by atoms with Gasteiger partial charge in [-0.05, 0) is 56.9 Å². The SMILES string of the molecule is Cc1nn(-c2ccc(Cl)cc2)cc1C(=O)NC(C)(C(=O)O)C1CC1. The molecule has 24 heavy (non-hydrogen) atoms. The van der Waals surface area contributed by atoms with Crippen molar-refractivity contribution in [2.75, 3.05) is 0 Å². The molecule has 1 aromatic heterocycles. The number of aryl methyl sites for hydroxylation is 1. The number of hydrogen-bond acceptors (Lipinski definition) is 3. The van der Waals surface area contributed by atoms with E-state index in [-0.39, 0.29) is 5.92 Å². The van der Waals surface area contributed by atoms with Gasteiger partial charge in [-0.25, -0.2) is 9.48 Å². The molecule has 7 heteroatoms. The van der Waals surface area contributed by atoms with Crippen LogP contribution in [0.3, 0.4) is 0 Å². The third kappa shape index (κ3) is 3.01. The number of aliphatic carboxylic acids is 1. The number of carboxylic acid groups (broad SMARTS) is 1. The van der Waals surface area contributed by atoms with Crippen molar-refractivity contribution in [3.63, 3.8) is 0 Å². The maximum Gasteiger partial charge on any atom is 0.329 e. The Morgan fingerprint density at radius 3 is 2.50 bits per heavy atom. The van der Waals surface area contributed by atoms with Crippen LogP contribution in [0.1, 0.15) is 35.8 Å². The number of amides is 1. The van der Waals surface area contributed by atoms with Crippen LogP contribution in [0.2, 0.25) is 5.02 Å². The third-order valence-electron chi connectivity index (χ3n) is 4.45. The molecule has 1 atom stereocenters. The van der Waals surface area contributed by atoms with Gasteiger partial charge in [-0.15, -0.1) is 0 Å². The Balaban J connectivity index is 1.85. The fourth-order valence-electron chi connectivity index (χ4n) is 2.70. The fourth-order valence-corrected chi connectivity index (χ4v) is 2.83. The van der Waals surface area contributed by atoms with Gasteiger partial charge in [0.25, 0.3) is 5.91 Å². The third-order valence-corrected chi connectivity index (χ3v) is 4.70. The average molecular weight is 348 g/mol. The van der Waals surface area contributed by atoms with Crippen LogP contribution in [0.15, 0.2) is 30.5 Å². The van der Waals surface area contributed by atoms with Gasteiger partial charge in [0.05, 0.1) is 16.9 Å². The molecule has 1 aromatic carbocycles. The molecule has 0 radical (unpaired) electrons. The van der Waals surface area contributed by atoms with E-state index < -0.39 is 17.4 Å². The first kappa shape index (κ1) is 16.5. The highest BCUT2D eigenvalue weighted by Gasteiger charge is 2.48. The van der Waals surface area contributed by atoms with Gasteiger partial charge in [0, 0.05) is 11.2 Å². The Morgan fingerprint density at radius 1 is 1.33 bits per heavy atom. The summed E-state index contributed by atoms with van der Waals surface area (Å²) in [4.78, 5) is 24.1. The maximum absolute atomic E-state index is 12.6. The number of benzene rings is 1. The Morgan fingerprint density at radius 2 is 1.96 bits per heavy atom. The Bertz CT molecular complexity index is 796. The molecule has 1 unspecified atom stereocenters. The first-order valence-electron chi connectivity index (χ1n) is 7.69. The summed E-state index contributed by atoms with van der Waals surface area (Å²) >= 11 is 5.87. The number of halogens is 1. The molecule has 3 rings (SSSR count). The van der Waals surface area contributed by atoms with E-state index in [0.29, 0.717) is 16.3 Å². The number of nitrogens with one attached hydrogen (secondary N) is 1. The zero-order valence-electron chi connectivity index (χ0n) is 13.4. The van der Waals surface area contributed by atoms with E-state index in [9.17, 15) is 14.7 Å². The van der Waals surface area contributed by atoms with Crippen molar-refractivity contribution in [2.45, 2.75) is 32.2 Å². The average Bonchev–Trinajstić information content (AvgIpc) is 3.31. The molecule has 1 aliphatic carbocycles. The summed E-state index contributed by atoms with van der Waals surface area (Å²) in [6.45, 7) is 3.28. The minimum absolute atomic E-state index is 0.0226. The van der Waals surface area contributed by atoms with Crippen molar-refractivity contribution < 1.29 is 14.7 Å². The number of carbonyl (C=O) groups is 2. The molecule has 1 fully saturated rings. The predicted molar refractivity (Wildman–Crippen MR) is 89.5 cm³/mol. The lowest BCUT2D eigenvalue weighted by atomic mass is 9.95. The van der Waals surface area contributed by atoms with Crippen molar-refractivity contribution in [1.82, 2.24) is 15.1 Å². The Kier molecular flexibility index (Phi) is 4.09. The zero-order chi connectivity index (χ0) is 17.5. The van der Waals surface area contributed by atoms with Crippen LogP contribution >= 0.6 is 11.6 Å². The fraction of sp³-hybridized carbons (Fsp3) is 0.353. The predicted octanol–water partition coefficient (Wildman–Crippen LogP) is 2.82. The molecule has 1 heterocycles. The summed E-state index contributed by atoms with van der Waals surface area (Å²) < 4.78 is 1.58. The molecular weight excluding hydrogens is 330 g/mol. The lowest BCUT2D eigenvalue weighted by Crippen LogP contribution is -2.54. The summed E-state index contributed by atoms with van der Waals surface area (Å²) in [5.74, 6) is -1.46. The second-order valence-electron chi connectivity index (χ2n) is 6.29. The molecule has 0 spiro atoms. The minimum Gasteiger partial charge on any atom is -0.480 e. The summed E-state index contributed by atoms with van der Waals surface area (Å²) in [5, 5.41) is 17.1. The summed E-state index contributed by atoms with van der Waals surface area (Å²) in [6, 6.07) is 7.06. The van der Waals surface area contributed by atoms with Gasteiger partial charge >= 0.3 is 5.97 Å². The maximum atomic E-state index is 12.6. The standard InChI is InChI=1S/C17H18ClN3O3/c1-10-14(9-21(20-10)13-7-5-12(18)6-8-13)15(22)19-17(2,16(23)24)11-3-4-11/h5-9,11H,3-4H2,1-2H3,(H,19,22)(H,23,24). The van der Waals surface area contributed by atoms with Crippen molar-refractivity contribution >= 4 is 23.5 Å². The summed E-state index contributed by atoms with van der Waals surface area (Å²) in [7, 11) is 0. The van der Waals surface area contributed by atoms with Crippen molar-refractivity contribution in [1.29, 1.82) is 0 Å². The lowest BCUT2D eigenvalue weighted by Gasteiger charge is -2.25. The van der Waals surface area contributed by atoms with Crippen molar-refractivity contribution in [3.05, 3.63) is 46.7 Å². The van der Waals surface area contributed by atoms with Crippen LogP contribution < -0.4 is 5.32 Å². The number of rotatable bonds is 5. The number of nitrogens with zero attached hydrogens (tertiary/aromatic N) is 2. The van der Waals surface area contributed by atoms with Gasteiger partial charge < -0.3 is 10.4 Å². The molecule has 0 aliphatic heterocycles. The molecule has 1 saturated carbocycles. The summed E-state index contributed by atoms with van der Waals surface area (Å²) in [6.07, 6.45) is 3.22. The normalized spacial score (nSPS) is 16.5. The molecule has 0 saturated heterocycles. The Hall–Kier alpha value is -2.34. The molecular formula is C17H18ClN3O3. The van der Waals surface area contributed by atoms with Gasteiger partial charge in [0.2, 0.25) is 0 Å². The van der Waals surface area contributed by atoms with E-state index in [0.717, 1.165) is 18.5 Å². The van der Waals surface area contributed by atoms with E-state index >= 15 is 0 Å². The highest BCUT2D eigenvalue weighted by atomic mass is 35.5. The summed E-state index contributed by atoms with van der Waals surface area (Å²) in [5.41, 5.74) is 0.417. The Labute approximate surface area is 144 Å². The van der Waals surface area contributed by atoms with E-state index in [1.807, 2.05) is 0 Å². The topological polar surface area (TPSA) is 84.2 Å². The van der Waals surface area contributed by atoms with Gasteiger partial charge in [-0.1, -0.05) is 11.6 Å². The number of hydrogen-bond donors (Lipinski definition) is 2. The number of aromatic nitrogens is 2. The highest BCUT2D eigenvalue weighted by Crippen LogP contribution is 2.40. The first-order chi connectivity index (χ1) is 11.3. The van der Waals surface area contributed by atoms with E-state index in [4.69, 9.17) is 11.6 Å².